The summed E-state index contributed by atoms with van der Waals surface area (Å²) in [6, 6.07) is 0. The average Bonchev–Trinajstić information content (AvgIpc) is 3.27. The van der Waals surface area contributed by atoms with E-state index in [4.69, 9.17) is 14.2 Å². The minimum atomic E-state index is -0.771. The van der Waals surface area contributed by atoms with Gasteiger partial charge in [-0.2, -0.15) is 0 Å². The predicted molar refractivity (Wildman–Crippen MR) is 266 cm³/mol. The summed E-state index contributed by atoms with van der Waals surface area (Å²) in [5.41, 5.74) is 0. The Morgan fingerprint density at radius 2 is 0.532 bits per heavy atom. The largest absolute Gasteiger partial charge is 0.462 e. The highest BCUT2D eigenvalue weighted by Gasteiger charge is 2.19. The highest BCUT2D eigenvalue weighted by atomic mass is 16.6. The molecule has 0 saturated carbocycles. The summed E-state index contributed by atoms with van der Waals surface area (Å²) in [5.74, 6) is -0.867. The number of carbonyl (C=O) groups excluding carboxylic acids is 3. The molecule has 0 fully saturated rings. The summed E-state index contributed by atoms with van der Waals surface area (Å²) in [5, 5.41) is 0. The van der Waals surface area contributed by atoms with Gasteiger partial charge >= 0.3 is 17.9 Å². The van der Waals surface area contributed by atoms with E-state index in [0.717, 1.165) is 70.6 Å². The van der Waals surface area contributed by atoms with Gasteiger partial charge in [0.1, 0.15) is 13.2 Å². The van der Waals surface area contributed by atoms with Crippen LogP contribution in [0.1, 0.15) is 310 Å². The predicted octanol–water partition coefficient (Wildman–Crippen LogP) is 18.2. The van der Waals surface area contributed by atoms with Crippen LogP contribution in [0.2, 0.25) is 0 Å². The lowest BCUT2D eigenvalue weighted by Gasteiger charge is -2.18. The summed E-state index contributed by atoms with van der Waals surface area (Å²) in [7, 11) is 0. The Morgan fingerprint density at radius 3 is 0.823 bits per heavy atom. The molecule has 0 spiro atoms. The summed E-state index contributed by atoms with van der Waals surface area (Å²) < 4.78 is 16.8. The summed E-state index contributed by atoms with van der Waals surface area (Å²) >= 11 is 0. The molecule has 62 heavy (non-hydrogen) atoms. The highest BCUT2D eigenvalue weighted by molar-refractivity contribution is 5.71. The monoisotopic (exact) mass is 875 g/mol. The Bertz CT molecular complexity index is 962. The molecule has 0 saturated heterocycles. The number of carbonyl (C=O) groups is 3. The van der Waals surface area contributed by atoms with Crippen LogP contribution < -0.4 is 0 Å². The maximum absolute atomic E-state index is 12.8. The van der Waals surface area contributed by atoms with Gasteiger partial charge in [0.05, 0.1) is 0 Å². The normalized spacial score (nSPS) is 12.0. The second-order valence-electron chi connectivity index (χ2n) is 18.9. The molecule has 0 heterocycles. The summed E-state index contributed by atoms with van der Waals surface area (Å²) in [6.45, 7) is 6.66. The maximum Gasteiger partial charge on any atom is 0.306 e. The van der Waals surface area contributed by atoms with E-state index in [1.807, 2.05) is 0 Å². The molecule has 0 bridgehead atoms. The van der Waals surface area contributed by atoms with Gasteiger partial charge in [-0.25, -0.2) is 0 Å². The smallest absolute Gasteiger partial charge is 0.306 e. The molecule has 0 aromatic heterocycles. The summed E-state index contributed by atoms with van der Waals surface area (Å²) in [4.78, 5) is 38.0. The molecule has 0 amide bonds. The second-order valence-corrected chi connectivity index (χ2v) is 18.9. The third-order valence-corrected chi connectivity index (χ3v) is 12.5. The van der Waals surface area contributed by atoms with Gasteiger partial charge in [-0.1, -0.05) is 258 Å². The first-order valence-corrected chi connectivity index (χ1v) is 27.7. The third kappa shape index (κ3) is 49.2. The third-order valence-electron chi connectivity index (χ3n) is 12.5. The van der Waals surface area contributed by atoms with Crippen LogP contribution in [0.4, 0.5) is 0 Å². The van der Waals surface area contributed by atoms with E-state index < -0.39 is 6.10 Å². The molecule has 1 unspecified atom stereocenters. The number of hydrogen-bond donors (Lipinski definition) is 0. The SMILES string of the molecule is CCCCCCCC/C=C\CCCCCC(=O)OC(COC(=O)CCCCCCCCCCCCCC)COC(=O)CCCCCCCCCCCCCCCCCCCCC. The lowest BCUT2D eigenvalue weighted by molar-refractivity contribution is -0.167. The molecule has 0 N–H and O–H groups in total. The molecule has 366 valence electrons. The van der Waals surface area contributed by atoms with Gasteiger partial charge in [-0.3, -0.25) is 14.4 Å². The molecule has 1 atom stereocenters. The topological polar surface area (TPSA) is 78.9 Å². The van der Waals surface area contributed by atoms with E-state index in [1.54, 1.807) is 0 Å². The molecular weight excluding hydrogens is 769 g/mol. The molecule has 6 nitrogen and oxygen atoms in total. The van der Waals surface area contributed by atoms with Crippen molar-refractivity contribution in [2.75, 3.05) is 13.2 Å². The first-order chi connectivity index (χ1) is 30.5. The van der Waals surface area contributed by atoms with Crippen LogP contribution >= 0.6 is 0 Å². The van der Waals surface area contributed by atoms with Crippen molar-refractivity contribution < 1.29 is 28.6 Å². The maximum atomic E-state index is 12.8. The second kappa shape index (κ2) is 51.8. The van der Waals surface area contributed by atoms with Crippen LogP contribution in [0, 0.1) is 0 Å². The van der Waals surface area contributed by atoms with Gasteiger partial charge in [0.25, 0.3) is 0 Å². The van der Waals surface area contributed by atoms with Crippen molar-refractivity contribution in [3.63, 3.8) is 0 Å². The number of allylic oxidation sites excluding steroid dienone is 2. The Balaban J connectivity index is 4.28. The van der Waals surface area contributed by atoms with Crippen LogP contribution in [-0.2, 0) is 28.6 Å². The fraction of sp³-hybridized carbons (Fsp3) is 0.911. The Hall–Kier alpha value is -1.85. The fourth-order valence-electron chi connectivity index (χ4n) is 8.32. The molecular formula is C56H106O6. The zero-order valence-electron chi connectivity index (χ0n) is 41.9. The van der Waals surface area contributed by atoms with E-state index in [1.165, 1.54) is 199 Å². The minimum absolute atomic E-state index is 0.0705. The van der Waals surface area contributed by atoms with Gasteiger partial charge in [-0.05, 0) is 44.9 Å². The van der Waals surface area contributed by atoms with Crippen molar-refractivity contribution >= 4 is 17.9 Å². The Kier molecular flexibility index (Phi) is 50.2. The lowest BCUT2D eigenvalue weighted by atomic mass is 10.0. The van der Waals surface area contributed by atoms with Gasteiger partial charge in [-0.15, -0.1) is 0 Å². The molecule has 0 aliphatic rings. The quantitative estimate of drug-likeness (QED) is 0.0262. The minimum Gasteiger partial charge on any atom is -0.462 e. The number of ether oxygens (including phenoxy) is 3. The Labute approximate surface area is 386 Å². The molecule has 0 aliphatic heterocycles. The average molecular weight is 875 g/mol. The van der Waals surface area contributed by atoms with Gasteiger partial charge < -0.3 is 14.2 Å². The zero-order valence-corrected chi connectivity index (χ0v) is 41.9. The van der Waals surface area contributed by atoms with E-state index in [0.29, 0.717) is 19.3 Å². The first kappa shape index (κ1) is 60.2. The molecule has 6 heteroatoms. The molecule has 0 aliphatic carbocycles. The fourth-order valence-corrected chi connectivity index (χ4v) is 8.32. The van der Waals surface area contributed by atoms with Crippen molar-refractivity contribution in [3.05, 3.63) is 12.2 Å². The van der Waals surface area contributed by atoms with Crippen molar-refractivity contribution in [1.29, 1.82) is 0 Å². The molecule has 0 radical (unpaired) electrons. The van der Waals surface area contributed by atoms with Crippen molar-refractivity contribution in [2.45, 2.75) is 316 Å². The number of esters is 3. The van der Waals surface area contributed by atoms with Crippen LogP contribution in [0.5, 0.6) is 0 Å². The van der Waals surface area contributed by atoms with Crippen molar-refractivity contribution in [1.82, 2.24) is 0 Å². The van der Waals surface area contributed by atoms with Gasteiger partial charge in [0, 0.05) is 19.3 Å². The highest BCUT2D eigenvalue weighted by Crippen LogP contribution is 2.17. The number of hydrogen-bond acceptors (Lipinski definition) is 6. The van der Waals surface area contributed by atoms with Crippen LogP contribution in [0.15, 0.2) is 12.2 Å². The van der Waals surface area contributed by atoms with E-state index in [-0.39, 0.29) is 31.1 Å². The van der Waals surface area contributed by atoms with Gasteiger partial charge in [0.15, 0.2) is 6.10 Å². The van der Waals surface area contributed by atoms with E-state index in [9.17, 15) is 14.4 Å². The van der Waals surface area contributed by atoms with Gasteiger partial charge in [0.2, 0.25) is 0 Å². The van der Waals surface area contributed by atoms with E-state index in [2.05, 4.69) is 32.9 Å². The van der Waals surface area contributed by atoms with Crippen LogP contribution in [0.25, 0.3) is 0 Å². The zero-order chi connectivity index (χ0) is 45.1. The Morgan fingerprint density at radius 1 is 0.306 bits per heavy atom. The van der Waals surface area contributed by atoms with E-state index >= 15 is 0 Å². The van der Waals surface area contributed by atoms with Crippen molar-refractivity contribution in [3.8, 4) is 0 Å². The first-order valence-electron chi connectivity index (χ1n) is 27.7. The lowest BCUT2D eigenvalue weighted by Crippen LogP contribution is -2.30. The van der Waals surface area contributed by atoms with Crippen LogP contribution in [-0.4, -0.2) is 37.2 Å². The van der Waals surface area contributed by atoms with Crippen LogP contribution in [0.3, 0.4) is 0 Å². The summed E-state index contributed by atoms with van der Waals surface area (Å²) in [6.07, 6.45) is 57.7. The molecule has 0 aromatic carbocycles. The molecule has 0 rings (SSSR count). The van der Waals surface area contributed by atoms with Crippen molar-refractivity contribution in [2.24, 2.45) is 0 Å². The number of rotatable bonds is 51. The number of unbranched alkanes of at least 4 members (excludes halogenated alkanes) is 38. The molecule has 0 aromatic rings. The standard InChI is InChI=1S/C56H106O6/c1-4-7-10-13-16-19-22-25-26-27-28-29-30-32-34-37-40-43-46-49-55(58)61-52-53(51-60-54(57)48-45-42-39-36-33-24-21-18-15-12-9-6-3)62-56(59)50-47-44-41-38-35-31-23-20-17-14-11-8-5-2/h31,35,53H,4-30,32-34,36-52H2,1-3H3/b35-31-.